The van der Waals surface area contributed by atoms with Crippen LogP contribution in [0.15, 0.2) is 24.3 Å². The third-order valence-corrected chi connectivity index (χ3v) is 3.35. The number of benzene rings is 1. The molecule has 0 spiro atoms. The van der Waals surface area contributed by atoms with Crippen LogP contribution in [0.3, 0.4) is 0 Å². The number of nitrogens with zero attached hydrogens (tertiary/aromatic N) is 2. The topological polar surface area (TPSA) is 78.9 Å². The zero-order valence-corrected chi connectivity index (χ0v) is 12.1. The molecule has 1 aromatic rings. The number of rotatable bonds is 3. The summed E-state index contributed by atoms with van der Waals surface area (Å²) in [4.78, 5) is 14.8. The van der Waals surface area contributed by atoms with Crippen molar-refractivity contribution in [2.24, 2.45) is 0 Å². The first-order chi connectivity index (χ1) is 9.89. The van der Waals surface area contributed by atoms with E-state index in [1.54, 1.807) is 20.8 Å². The first-order valence-corrected chi connectivity index (χ1v) is 6.39. The van der Waals surface area contributed by atoms with E-state index >= 15 is 0 Å². The highest BCUT2D eigenvalue weighted by Crippen LogP contribution is 2.51. The molecule has 0 saturated carbocycles. The molecule has 1 N–H and O–H groups in total. The maximum Gasteiger partial charge on any atom is 0.425 e. The number of hydroxylamine groups is 2. The molecule has 1 aliphatic rings. The Hall–Kier alpha value is -1.71. The van der Waals surface area contributed by atoms with Crippen molar-refractivity contribution >= 4 is 5.69 Å². The number of hydrogen-bond acceptors (Lipinski definition) is 5. The molecule has 1 aliphatic heterocycles. The normalized spacial score (nSPS) is 24.7. The molecular formula is C13H15F3N2O4. The van der Waals surface area contributed by atoms with E-state index in [2.05, 4.69) is 0 Å². The Bertz CT molecular complexity index is 582. The van der Waals surface area contributed by atoms with Gasteiger partial charge in [-0.3, -0.25) is 15.0 Å². The fraction of sp³-hybridized carbons (Fsp3) is 0.538. The molecule has 9 heteroatoms. The maximum atomic E-state index is 13.4. The molecule has 3 atom stereocenters. The van der Waals surface area contributed by atoms with Gasteiger partial charge in [-0.1, -0.05) is 0 Å². The highest BCUT2D eigenvalue weighted by Gasteiger charge is 2.70. The molecule has 6 nitrogen and oxygen atoms in total. The second-order valence-electron chi connectivity index (χ2n) is 6.02. The van der Waals surface area contributed by atoms with Gasteiger partial charge in [-0.25, -0.2) is 0 Å². The van der Waals surface area contributed by atoms with Crippen LogP contribution in [0.1, 0.15) is 26.3 Å². The summed E-state index contributed by atoms with van der Waals surface area (Å²) in [5.74, 6) is 0. The summed E-state index contributed by atoms with van der Waals surface area (Å²) < 4.78 is 40.2. The van der Waals surface area contributed by atoms with Gasteiger partial charge in [0.2, 0.25) is 5.60 Å². The first-order valence-electron chi connectivity index (χ1n) is 6.39. The van der Waals surface area contributed by atoms with E-state index in [1.165, 1.54) is 0 Å². The molecule has 0 bridgehead atoms. The van der Waals surface area contributed by atoms with Crippen molar-refractivity contribution in [3.8, 4) is 0 Å². The predicted molar refractivity (Wildman–Crippen MR) is 69.5 cm³/mol. The second kappa shape index (κ2) is 4.90. The number of aliphatic hydroxyl groups is 1. The van der Waals surface area contributed by atoms with Crippen LogP contribution >= 0.6 is 0 Å². The summed E-state index contributed by atoms with van der Waals surface area (Å²) in [6.07, 6.45) is -6.61. The Morgan fingerprint density at radius 3 is 2.05 bits per heavy atom. The first kappa shape index (κ1) is 16.7. The van der Waals surface area contributed by atoms with E-state index in [-0.39, 0.29) is 5.69 Å². The van der Waals surface area contributed by atoms with Crippen molar-refractivity contribution < 1.29 is 28.0 Å². The van der Waals surface area contributed by atoms with Crippen molar-refractivity contribution in [1.82, 2.24) is 5.06 Å². The summed E-state index contributed by atoms with van der Waals surface area (Å²) in [5.41, 5.74) is -4.87. The number of hydrogen-bond donors (Lipinski definition) is 1. The van der Waals surface area contributed by atoms with Crippen LogP contribution in [0.5, 0.6) is 0 Å². The van der Waals surface area contributed by atoms with Crippen LogP contribution in [0, 0.1) is 10.1 Å². The molecular weight excluding hydrogens is 305 g/mol. The Morgan fingerprint density at radius 2 is 1.73 bits per heavy atom. The molecule has 22 heavy (non-hydrogen) atoms. The lowest BCUT2D eigenvalue weighted by molar-refractivity contribution is -0.384. The molecule has 3 unspecified atom stereocenters. The molecule has 0 radical (unpaired) electrons. The van der Waals surface area contributed by atoms with Crippen molar-refractivity contribution in [1.29, 1.82) is 0 Å². The van der Waals surface area contributed by atoms with Crippen molar-refractivity contribution in [2.75, 3.05) is 0 Å². The molecule has 1 aromatic carbocycles. The molecule has 1 heterocycles. The second-order valence-corrected chi connectivity index (χ2v) is 6.02. The van der Waals surface area contributed by atoms with E-state index in [4.69, 9.17) is 4.84 Å². The molecule has 0 aliphatic carbocycles. The lowest BCUT2D eigenvalue weighted by Crippen LogP contribution is -2.49. The van der Waals surface area contributed by atoms with Gasteiger partial charge in [-0.15, -0.1) is 5.06 Å². The summed E-state index contributed by atoms with van der Waals surface area (Å²) in [6, 6.07) is 3.59. The summed E-state index contributed by atoms with van der Waals surface area (Å²) >= 11 is 0. The largest absolute Gasteiger partial charge is 0.425 e. The standard InChI is InChI=1S/C13H15F3N2O4/c1-11(2,3)17-10(22-17)12(19,13(14,15)16)8-4-6-9(7-5-8)18(20)21/h4-7,10,19H,1-3H3. The van der Waals surface area contributed by atoms with Gasteiger partial charge in [-0.05, 0) is 38.5 Å². The van der Waals surface area contributed by atoms with Crippen LogP contribution in [0.2, 0.25) is 0 Å². The highest BCUT2D eigenvalue weighted by molar-refractivity contribution is 5.37. The van der Waals surface area contributed by atoms with Crippen LogP contribution in [-0.4, -0.2) is 33.0 Å². The molecule has 1 fully saturated rings. The van der Waals surface area contributed by atoms with Gasteiger partial charge in [0, 0.05) is 17.7 Å². The smallest absolute Gasteiger partial charge is 0.373 e. The molecule has 122 valence electrons. The van der Waals surface area contributed by atoms with E-state index in [1.807, 2.05) is 0 Å². The lowest BCUT2D eigenvalue weighted by atomic mass is 9.91. The average molecular weight is 320 g/mol. The van der Waals surface area contributed by atoms with E-state index in [9.17, 15) is 28.4 Å². The van der Waals surface area contributed by atoms with Gasteiger partial charge in [0.05, 0.1) is 4.92 Å². The fourth-order valence-corrected chi connectivity index (χ4v) is 2.12. The Labute approximate surface area is 124 Å². The van der Waals surface area contributed by atoms with Gasteiger partial charge in [0.1, 0.15) is 0 Å². The zero-order chi connectivity index (χ0) is 16.9. The summed E-state index contributed by atoms with van der Waals surface area (Å²) in [5, 5.41) is 21.9. The predicted octanol–water partition coefficient (Wildman–Crippen LogP) is 2.72. The summed E-state index contributed by atoms with van der Waals surface area (Å²) in [7, 11) is 0. The zero-order valence-electron chi connectivity index (χ0n) is 12.1. The number of nitro groups is 1. The van der Waals surface area contributed by atoms with Gasteiger partial charge in [0.15, 0.2) is 6.23 Å². The average Bonchev–Trinajstić information content (AvgIpc) is 3.16. The minimum atomic E-state index is -5.01. The molecule has 1 saturated heterocycles. The van der Waals surface area contributed by atoms with Gasteiger partial charge in [0.25, 0.3) is 5.69 Å². The van der Waals surface area contributed by atoms with Crippen LogP contribution < -0.4 is 0 Å². The number of nitro benzene ring substituents is 1. The Kier molecular flexibility index (Phi) is 3.71. The van der Waals surface area contributed by atoms with Gasteiger partial charge >= 0.3 is 6.18 Å². The number of alkyl halides is 3. The van der Waals surface area contributed by atoms with E-state index < -0.39 is 34.0 Å². The monoisotopic (exact) mass is 320 g/mol. The van der Waals surface area contributed by atoms with E-state index in [0.717, 1.165) is 29.3 Å². The summed E-state index contributed by atoms with van der Waals surface area (Å²) in [6.45, 7) is 4.92. The van der Waals surface area contributed by atoms with Crippen molar-refractivity contribution in [2.45, 2.75) is 44.3 Å². The van der Waals surface area contributed by atoms with Gasteiger partial charge in [-0.2, -0.15) is 13.2 Å². The minimum absolute atomic E-state index is 0.363. The third-order valence-electron chi connectivity index (χ3n) is 3.35. The van der Waals surface area contributed by atoms with Crippen molar-refractivity contribution in [3.05, 3.63) is 39.9 Å². The molecule has 0 aromatic heterocycles. The number of halogens is 3. The molecule has 0 amide bonds. The minimum Gasteiger partial charge on any atom is -0.373 e. The quantitative estimate of drug-likeness (QED) is 0.526. The third kappa shape index (κ3) is 2.67. The number of non-ortho nitro benzene ring substituents is 1. The fourth-order valence-electron chi connectivity index (χ4n) is 2.12. The SMILES string of the molecule is CC(C)(C)N1OC1C(O)(c1ccc([N+](=O)[O-])cc1)C(F)(F)F. The highest BCUT2D eigenvalue weighted by atomic mass is 19.4. The Balaban J connectivity index is 2.42. The van der Waals surface area contributed by atoms with Gasteiger partial charge < -0.3 is 5.11 Å². The van der Waals surface area contributed by atoms with Crippen LogP contribution in [-0.2, 0) is 10.4 Å². The van der Waals surface area contributed by atoms with Crippen LogP contribution in [0.25, 0.3) is 0 Å². The van der Waals surface area contributed by atoms with Crippen molar-refractivity contribution in [3.63, 3.8) is 0 Å². The van der Waals surface area contributed by atoms with Crippen LogP contribution in [0.4, 0.5) is 18.9 Å². The molecule has 2 rings (SSSR count). The maximum absolute atomic E-state index is 13.4. The Morgan fingerprint density at radius 1 is 1.23 bits per heavy atom. The van der Waals surface area contributed by atoms with E-state index in [0.29, 0.717) is 0 Å². The lowest BCUT2D eigenvalue weighted by Gasteiger charge is -2.30.